The number of hydrogen-bond acceptors (Lipinski definition) is 13. The molecule has 51 heavy (non-hydrogen) atoms. The van der Waals surface area contributed by atoms with Crippen molar-refractivity contribution < 1.29 is 55.0 Å². The summed E-state index contributed by atoms with van der Waals surface area (Å²) in [5.41, 5.74) is -2.64. The lowest BCUT2D eigenvalue weighted by molar-refractivity contribution is -0.704. The van der Waals surface area contributed by atoms with Gasteiger partial charge < -0.3 is 45.4 Å². The minimum Gasteiger partial charge on any atom is -0.511 e. The summed E-state index contributed by atoms with van der Waals surface area (Å²) in [6.07, 6.45) is 5.55. The van der Waals surface area contributed by atoms with Crippen LogP contribution in [0.1, 0.15) is 77.0 Å². The van der Waals surface area contributed by atoms with Crippen molar-refractivity contribution in [1.82, 2.24) is 5.32 Å². The predicted molar refractivity (Wildman–Crippen MR) is 191 cm³/mol. The van der Waals surface area contributed by atoms with Gasteiger partial charge in [0.25, 0.3) is 0 Å². The highest BCUT2D eigenvalue weighted by atomic mass is 33.1. The molecule has 286 valence electrons. The molecule has 7 aliphatic rings. The lowest BCUT2D eigenvalue weighted by Gasteiger charge is -2.53. The molecule has 6 fully saturated rings. The Bertz CT molecular complexity index is 1350. The average Bonchev–Trinajstić information content (AvgIpc) is 3.13. The van der Waals surface area contributed by atoms with Crippen LogP contribution in [0, 0.1) is 40.9 Å². The summed E-state index contributed by atoms with van der Waals surface area (Å²) in [5, 5.41) is 72.5. The van der Waals surface area contributed by atoms with Crippen LogP contribution >= 0.6 is 21.6 Å². The Kier molecular flexibility index (Phi) is 12.0. The van der Waals surface area contributed by atoms with Crippen molar-refractivity contribution in [1.29, 1.82) is 0 Å². The minimum absolute atomic E-state index is 0.0742. The van der Waals surface area contributed by atoms with Crippen LogP contribution in [0.4, 0.5) is 0 Å². The zero-order valence-electron chi connectivity index (χ0n) is 29.3. The van der Waals surface area contributed by atoms with Crippen molar-refractivity contribution in [2.45, 2.75) is 120 Å². The summed E-state index contributed by atoms with van der Waals surface area (Å²) in [7, 11) is 3.05. The number of allylic oxidation sites excluding steroid dienone is 4. The van der Waals surface area contributed by atoms with Crippen LogP contribution in [0.15, 0.2) is 23.5 Å². The molecule has 12 nitrogen and oxygen atoms in total. The maximum Gasteiger partial charge on any atom is 0.187 e. The van der Waals surface area contributed by atoms with Gasteiger partial charge in [-0.2, -0.15) is 0 Å². The summed E-state index contributed by atoms with van der Waals surface area (Å²) in [6.45, 7) is 0.440. The Morgan fingerprint density at radius 2 is 1.75 bits per heavy atom. The Hall–Kier alpha value is -1.04. The van der Waals surface area contributed by atoms with Gasteiger partial charge in [-0.3, -0.25) is 14.9 Å². The molecule has 6 bridgehead atoms. The topological polar surface area (TPSA) is 203 Å². The van der Waals surface area contributed by atoms with Gasteiger partial charge in [0.05, 0.1) is 37.0 Å². The van der Waals surface area contributed by atoms with Gasteiger partial charge in [0.15, 0.2) is 12.1 Å². The van der Waals surface area contributed by atoms with Crippen LogP contribution in [-0.2, 0) is 19.1 Å². The van der Waals surface area contributed by atoms with Crippen LogP contribution in [0.2, 0.25) is 0 Å². The zero-order valence-corrected chi connectivity index (χ0v) is 30.9. The third-order valence-electron chi connectivity index (χ3n) is 13.4. The van der Waals surface area contributed by atoms with Crippen molar-refractivity contribution in [3.8, 4) is 0 Å². The molecule has 0 aromatic heterocycles. The van der Waals surface area contributed by atoms with Gasteiger partial charge in [-0.15, -0.1) is 0 Å². The first kappa shape index (κ1) is 38.2. The molecule has 3 saturated carbocycles. The number of nitrogens with two attached hydrogens (primary N) is 1. The molecular weight excluding hydrogens is 697 g/mol. The first-order chi connectivity index (χ1) is 24.6. The largest absolute Gasteiger partial charge is 0.511 e. The van der Waals surface area contributed by atoms with E-state index in [1.807, 2.05) is 6.08 Å². The van der Waals surface area contributed by atoms with Crippen LogP contribution in [-0.4, -0.2) is 116 Å². The summed E-state index contributed by atoms with van der Waals surface area (Å²) in [6, 6.07) is 0. The summed E-state index contributed by atoms with van der Waals surface area (Å²) < 4.78 is 12.3. The fraction of sp³-hybridized carbons (Fsp3) is 0.838. The number of Topliss-reactive ketones (excluding diaryl/α,β-unsaturated/α-hetero) is 2. The van der Waals surface area contributed by atoms with Gasteiger partial charge in [0, 0.05) is 24.7 Å². The Morgan fingerprint density at radius 3 is 2.55 bits per heavy atom. The molecule has 1 spiro atoms. The number of rotatable bonds is 4. The molecule has 0 aromatic rings. The molecule has 3 saturated heterocycles. The van der Waals surface area contributed by atoms with E-state index in [4.69, 9.17) is 9.47 Å². The highest BCUT2D eigenvalue weighted by molar-refractivity contribution is 8.76. The van der Waals surface area contributed by atoms with Crippen molar-refractivity contribution in [2.24, 2.45) is 40.9 Å². The summed E-state index contributed by atoms with van der Waals surface area (Å²) in [5.74, 6) is -1.19. The number of carbonyl (C=O) groups is 2. The number of quaternary nitrogens is 1. The zero-order chi connectivity index (χ0) is 35.9. The maximum atomic E-state index is 15.1. The van der Waals surface area contributed by atoms with Gasteiger partial charge in [-0.25, -0.2) is 0 Å². The molecule has 4 aliphatic carbocycles. The monoisotopic (exact) mass is 753 g/mol. The van der Waals surface area contributed by atoms with Crippen LogP contribution in [0.5, 0.6) is 0 Å². The van der Waals surface area contributed by atoms with E-state index in [0.29, 0.717) is 43.9 Å². The number of fused-ring (bicyclic) bond motifs is 4. The van der Waals surface area contributed by atoms with Crippen LogP contribution in [0.25, 0.3) is 0 Å². The molecule has 14 unspecified atom stereocenters. The first-order valence-corrected chi connectivity index (χ1v) is 21.7. The second-order valence-electron chi connectivity index (χ2n) is 16.4. The lowest BCUT2D eigenvalue weighted by atomic mass is 9.52. The smallest absolute Gasteiger partial charge is 0.187 e. The maximum absolute atomic E-state index is 15.1. The lowest BCUT2D eigenvalue weighted by Crippen LogP contribution is -2.95. The number of ether oxygens (including phenoxy) is 2. The normalized spacial score (nSPS) is 46.9. The second kappa shape index (κ2) is 16.0. The van der Waals surface area contributed by atoms with Gasteiger partial charge in [0.2, 0.25) is 0 Å². The van der Waals surface area contributed by atoms with E-state index in [9.17, 15) is 35.4 Å². The van der Waals surface area contributed by atoms with Crippen LogP contribution < -0.4 is 10.6 Å². The number of aliphatic hydroxyl groups is 6. The second-order valence-corrected chi connectivity index (χ2v) is 18.9. The molecule has 14 heteroatoms. The third-order valence-corrected chi connectivity index (χ3v) is 15.6. The quantitative estimate of drug-likeness (QED) is 0.191. The number of carbonyl (C=O) groups excluding carboxylic acids is 2. The highest BCUT2D eigenvalue weighted by Crippen LogP contribution is 2.56. The SMILES string of the molecule is O=C1C2CCCC3OC4OC(CO)C(O)C(O)(CCC5CC[NH2+]C(C5)NCSSCC5(C(=O)C32)C(O)=CC(CC2CCCC(CO)C2)=CC15)C4O. The Balaban J connectivity index is 1.22. The molecule has 0 amide bonds. The highest BCUT2D eigenvalue weighted by Gasteiger charge is 2.64. The number of aliphatic hydroxyl groups excluding tert-OH is 5. The summed E-state index contributed by atoms with van der Waals surface area (Å²) in [4.78, 5) is 29.8. The van der Waals surface area contributed by atoms with E-state index < -0.39 is 66.1 Å². The fourth-order valence-electron chi connectivity index (χ4n) is 10.5. The molecule has 0 aromatic carbocycles. The van der Waals surface area contributed by atoms with E-state index in [0.717, 1.165) is 50.6 Å². The van der Waals surface area contributed by atoms with E-state index in [1.54, 1.807) is 16.9 Å². The number of nitrogens with one attached hydrogen (secondary N) is 1. The minimum atomic E-state index is -2.02. The summed E-state index contributed by atoms with van der Waals surface area (Å²) >= 11 is 0. The Morgan fingerprint density at radius 1 is 0.941 bits per heavy atom. The van der Waals surface area contributed by atoms with E-state index in [2.05, 4.69) is 10.6 Å². The van der Waals surface area contributed by atoms with Gasteiger partial charge in [0.1, 0.15) is 47.0 Å². The van der Waals surface area contributed by atoms with E-state index >= 15 is 4.79 Å². The molecule has 0 radical (unpaired) electrons. The van der Waals surface area contributed by atoms with Crippen molar-refractivity contribution in [3.63, 3.8) is 0 Å². The van der Waals surface area contributed by atoms with Gasteiger partial charge in [-0.1, -0.05) is 46.9 Å². The average molecular weight is 754 g/mol. The molecule has 3 aliphatic heterocycles. The molecule has 3 heterocycles. The molecular formula is C37H57N2O10S2+. The molecule has 9 N–H and O–H groups in total. The van der Waals surface area contributed by atoms with Crippen LogP contribution in [0.3, 0.4) is 0 Å². The van der Waals surface area contributed by atoms with Crippen molar-refractivity contribution in [2.75, 3.05) is 31.4 Å². The first-order valence-electron chi connectivity index (χ1n) is 19.2. The molecule has 7 rings (SSSR count). The van der Waals surface area contributed by atoms with E-state index in [-0.39, 0.29) is 54.1 Å². The number of ketones is 2. The third kappa shape index (κ3) is 7.26. The van der Waals surface area contributed by atoms with Crippen molar-refractivity contribution >= 4 is 33.2 Å². The van der Waals surface area contributed by atoms with Gasteiger partial charge in [-0.05, 0) is 80.8 Å². The van der Waals surface area contributed by atoms with Crippen molar-refractivity contribution in [3.05, 3.63) is 23.5 Å². The predicted octanol–water partition coefficient (Wildman–Crippen LogP) is 1.30. The van der Waals surface area contributed by atoms with E-state index in [1.165, 1.54) is 10.8 Å². The standard InChI is InChI=1S/C37H56N2O10S2/c40-16-22-4-1-3-21(11-22)12-23-13-25-31(43)24-5-2-6-26-30(24)33(45)36(25,28(42)14-23)18-50-51-19-39-29-15-20(8-10-38-29)7-9-37(47)32(44)27(17-41)49-35(48-26)34(37)46/h13-14,20-22,24-27,29-30,32,34-35,38-42,44,46-47H,1-12,15-19H2/p+1. The van der Waals surface area contributed by atoms with Gasteiger partial charge >= 0.3 is 0 Å². The number of piperidine rings is 1. The fourth-order valence-corrected chi connectivity index (χ4v) is 12.9. The Labute approximate surface area is 308 Å². The molecule has 14 atom stereocenters. The number of hydrogen-bond donors (Lipinski definition) is 8.